The molecule has 24 heavy (non-hydrogen) atoms. The molecule has 2 rings (SSSR count). The third-order valence-corrected chi connectivity index (χ3v) is 3.45. The van der Waals surface area contributed by atoms with Gasteiger partial charge in [0.15, 0.2) is 0 Å². The minimum absolute atomic E-state index is 0.0238. The Hall–Kier alpha value is -2.49. The first-order valence-electron chi connectivity index (χ1n) is 8.29. The highest BCUT2D eigenvalue weighted by molar-refractivity contribution is 5.75. The van der Waals surface area contributed by atoms with Crippen molar-refractivity contribution in [1.29, 1.82) is 0 Å². The Morgan fingerprint density at radius 2 is 1.58 bits per heavy atom. The van der Waals surface area contributed by atoms with Crippen LogP contribution in [-0.2, 0) is 4.79 Å². The van der Waals surface area contributed by atoms with Gasteiger partial charge in [-0.15, -0.1) is 0 Å². The number of rotatable bonds is 9. The number of hydrogen-bond donors (Lipinski definition) is 1. The van der Waals surface area contributed by atoms with E-state index in [2.05, 4.69) is 11.4 Å². The van der Waals surface area contributed by atoms with Gasteiger partial charge in [0.05, 0.1) is 13.2 Å². The second kappa shape index (κ2) is 9.60. The van der Waals surface area contributed by atoms with Crippen LogP contribution in [0, 0.1) is 13.8 Å². The first-order chi connectivity index (χ1) is 11.6. The number of para-hydroxylation sites is 1. The molecule has 2 aromatic carbocycles. The highest BCUT2D eigenvalue weighted by Crippen LogP contribution is 2.15. The standard InChI is InChI=1S/C20H25NO3/c1-16-13-17(2)15-19(14-16)24-12-10-21-20(22)9-6-11-23-18-7-4-3-5-8-18/h3-5,7-8,13-15H,6,9-12H2,1-2H3,(H,21,22). The van der Waals surface area contributed by atoms with E-state index in [9.17, 15) is 4.79 Å². The van der Waals surface area contributed by atoms with Crippen molar-refractivity contribution in [2.24, 2.45) is 0 Å². The molecule has 0 fully saturated rings. The molecule has 0 unspecified atom stereocenters. The van der Waals surface area contributed by atoms with E-state index >= 15 is 0 Å². The maximum absolute atomic E-state index is 11.8. The number of carbonyl (C=O) groups is 1. The van der Waals surface area contributed by atoms with Gasteiger partial charge < -0.3 is 14.8 Å². The quantitative estimate of drug-likeness (QED) is 0.715. The summed E-state index contributed by atoms with van der Waals surface area (Å²) in [7, 11) is 0. The van der Waals surface area contributed by atoms with Crippen molar-refractivity contribution in [2.45, 2.75) is 26.7 Å². The molecule has 0 heterocycles. The first kappa shape index (κ1) is 17.9. The van der Waals surface area contributed by atoms with Gasteiger partial charge in [0.25, 0.3) is 0 Å². The Bertz CT molecular complexity index is 620. The molecule has 4 heteroatoms. The van der Waals surface area contributed by atoms with Crippen molar-refractivity contribution in [3.63, 3.8) is 0 Å². The number of ether oxygens (including phenoxy) is 2. The summed E-state index contributed by atoms with van der Waals surface area (Å²) in [4.78, 5) is 11.8. The van der Waals surface area contributed by atoms with E-state index in [1.807, 2.05) is 56.3 Å². The SMILES string of the molecule is Cc1cc(C)cc(OCCNC(=O)CCCOc2ccccc2)c1. The fraction of sp³-hybridized carbons (Fsp3) is 0.350. The molecule has 0 atom stereocenters. The Morgan fingerprint density at radius 1 is 0.917 bits per heavy atom. The van der Waals surface area contributed by atoms with Gasteiger partial charge in [-0.25, -0.2) is 0 Å². The summed E-state index contributed by atoms with van der Waals surface area (Å²) in [5.41, 5.74) is 2.35. The molecule has 2 aromatic rings. The Morgan fingerprint density at radius 3 is 2.29 bits per heavy atom. The number of benzene rings is 2. The zero-order valence-electron chi connectivity index (χ0n) is 14.4. The molecular weight excluding hydrogens is 302 g/mol. The van der Waals surface area contributed by atoms with Gasteiger partial charge in [-0.3, -0.25) is 4.79 Å². The average Bonchev–Trinajstić information content (AvgIpc) is 2.56. The van der Waals surface area contributed by atoms with Crippen molar-refractivity contribution in [3.05, 3.63) is 59.7 Å². The Kier molecular flexibility index (Phi) is 7.15. The van der Waals surface area contributed by atoms with Crippen LogP contribution in [0.4, 0.5) is 0 Å². The zero-order valence-corrected chi connectivity index (χ0v) is 14.4. The molecule has 1 N–H and O–H groups in total. The molecule has 1 amide bonds. The van der Waals surface area contributed by atoms with E-state index in [4.69, 9.17) is 9.47 Å². The topological polar surface area (TPSA) is 47.6 Å². The molecule has 0 aliphatic heterocycles. The van der Waals surface area contributed by atoms with Gasteiger partial charge in [-0.05, 0) is 55.7 Å². The summed E-state index contributed by atoms with van der Waals surface area (Å²) >= 11 is 0. The summed E-state index contributed by atoms with van der Waals surface area (Å²) in [6.07, 6.45) is 1.15. The fourth-order valence-corrected chi connectivity index (χ4v) is 2.40. The van der Waals surface area contributed by atoms with E-state index in [0.29, 0.717) is 32.6 Å². The van der Waals surface area contributed by atoms with Crippen LogP contribution in [0.25, 0.3) is 0 Å². The summed E-state index contributed by atoms with van der Waals surface area (Å²) in [5.74, 6) is 1.70. The molecular formula is C20H25NO3. The second-order valence-corrected chi connectivity index (χ2v) is 5.79. The number of hydrogen-bond acceptors (Lipinski definition) is 3. The Balaban J connectivity index is 1.55. The number of carbonyl (C=O) groups excluding carboxylic acids is 1. The highest BCUT2D eigenvalue weighted by Gasteiger charge is 2.02. The summed E-state index contributed by atoms with van der Waals surface area (Å²) < 4.78 is 11.2. The van der Waals surface area contributed by atoms with Crippen LogP contribution in [0.5, 0.6) is 11.5 Å². The van der Waals surface area contributed by atoms with Crippen LogP contribution in [0.2, 0.25) is 0 Å². The molecule has 0 saturated heterocycles. The molecule has 0 aliphatic carbocycles. The van der Waals surface area contributed by atoms with Crippen molar-refractivity contribution in [2.75, 3.05) is 19.8 Å². The number of amides is 1. The van der Waals surface area contributed by atoms with Gasteiger partial charge in [0.1, 0.15) is 18.1 Å². The van der Waals surface area contributed by atoms with E-state index in [1.165, 1.54) is 11.1 Å². The van der Waals surface area contributed by atoms with Crippen LogP contribution in [0.15, 0.2) is 48.5 Å². The molecule has 128 valence electrons. The van der Waals surface area contributed by atoms with Crippen molar-refractivity contribution >= 4 is 5.91 Å². The van der Waals surface area contributed by atoms with Crippen LogP contribution < -0.4 is 14.8 Å². The van der Waals surface area contributed by atoms with Crippen molar-refractivity contribution < 1.29 is 14.3 Å². The molecule has 0 aliphatic rings. The predicted octanol–water partition coefficient (Wildman–Crippen LogP) is 3.66. The van der Waals surface area contributed by atoms with Gasteiger partial charge in [0.2, 0.25) is 5.91 Å². The lowest BCUT2D eigenvalue weighted by Crippen LogP contribution is -2.28. The first-order valence-corrected chi connectivity index (χ1v) is 8.29. The van der Waals surface area contributed by atoms with Crippen LogP contribution >= 0.6 is 0 Å². The summed E-state index contributed by atoms with van der Waals surface area (Å²) in [6, 6.07) is 15.7. The highest BCUT2D eigenvalue weighted by atomic mass is 16.5. The van der Waals surface area contributed by atoms with E-state index in [0.717, 1.165) is 11.5 Å². The maximum Gasteiger partial charge on any atom is 0.220 e. The van der Waals surface area contributed by atoms with Crippen LogP contribution in [-0.4, -0.2) is 25.7 Å². The normalized spacial score (nSPS) is 10.2. The minimum atomic E-state index is 0.0238. The molecule has 0 radical (unpaired) electrons. The largest absolute Gasteiger partial charge is 0.494 e. The maximum atomic E-state index is 11.8. The summed E-state index contributed by atoms with van der Waals surface area (Å²) in [6.45, 7) is 5.59. The van der Waals surface area contributed by atoms with Crippen molar-refractivity contribution in [1.82, 2.24) is 5.32 Å². The number of aryl methyl sites for hydroxylation is 2. The second-order valence-electron chi connectivity index (χ2n) is 5.79. The molecule has 4 nitrogen and oxygen atoms in total. The predicted molar refractivity (Wildman–Crippen MR) is 95.6 cm³/mol. The number of nitrogens with one attached hydrogen (secondary N) is 1. The lowest BCUT2D eigenvalue weighted by molar-refractivity contribution is -0.121. The minimum Gasteiger partial charge on any atom is -0.494 e. The lowest BCUT2D eigenvalue weighted by atomic mass is 10.1. The van der Waals surface area contributed by atoms with E-state index in [1.54, 1.807) is 0 Å². The third kappa shape index (κ3) is 6.73. The Labute approximate surface area is 143 Å². The molecule has 0 saturated carbocycles. The molecule has 0 bridgehead atoms. The third-order valence-electron chi connectivity index (χ3n) is 3.45. The van der Waals surface area contributed by atoms with Gasteiger partial charge in [-0.2, -0.15) is 0 Å². The van der Waals surface area contributed by atoms with Crippen LogP contribution in [0.1, 0.15) is 24.0 Å². The van der Waals surface area contributed by atoms with Crippen LogP contribution in [0.3, 0.4) is 0 Å². The molecule has 0 aromatic heterocycles. The fourth-order valence-electron chi connectivity index (χ4n) is 2.40. The average molecular weight is 327 g/mol. The lowest BCUT2D eigenvalue weighted by Gasteiger charge is -2.09. The van der Waals surface area contributed by atoms with Gasteiger partial charge >= 0.3 is 0 Å². The zero-order chi connectivity index (χ0) is 17.2. The van der Waals surface area contributed by atoms with Gasteiger partial charge in [0, 0.05) is 6.42 Å². The summed E-state index contributed by atoms with van der Waals surface area (Å²) in [5, 5.41) is 2.86. The van der Waals surface area contributed by atoms with Gasteiger partial charge in [-0.1, -0.05) is 24.3 Å². The van der Waals surface area contributed by atoms with E-state index in [-0.39, 0.29) is 5.91 Å². The van der Waals surface area contributed by atoms with Crippen molar-refractivity contribution in [3.8, 4) is 11.5 Å². The van der Waals surface area contributed by atoms with E-state index < -0.39 is 0 Å². The monoisotopic (exact) mass is 327 g/mol. The smallest absolute Gasteiger partial charge is 0.220 e. The molecule has 0 spiro atoms.